The molecule has 2 rings (SSSR count). The van der Waals surface area contributed by atoms with E-state index in [2.05, 4.69) is 5.32 Å². The fourth-order valence-electron chi connectivity index (χ4n) is 1.55. The predicted molar refractivity (Wildman–Crippen MR) is 75.1 cm³/mol. The van der Waals surface area contributed by atoms with E-state index in [1.54, 1.807) is 0 Å². The minimum absolute atomic E-state index is 0.246. The van der Waals surface area contributed by atoms with Gasteiger partial charge >= 0.3 is 0 Å². The van der Waals surface area contributed by atoms with Gasteiger partial charge in [-0.1, -0.05) is 11.6 Å². The Bertz CT molecular complexity index is 597. The Morgan fingerprint density at radius 2 is 2.00 bits per heavy atom. The number of carbonyl (C=O) groups is 1. The average molecular weight is 298 g/mol. The second-order valence-corrected chi connectivity index (χ2v) is 5.71. The number of carbonyl (C=O) groups excluding carboxylic acids is 1. The molecule has 0 radical (unpaired) electrons. The van der Waals surface area contributed by atoms with E-state index in [-0.39, 0.29) is 17.4 Å². The zero-order chi connectivity index (χ0) is 13.8. The van der Waals surface area contributed by atoms with E-state index in [0.29, 0.717) is 18.5 Å². The fraction of sp³-hybridized carbons (Fsp3) is 0.154. The summed E-state index contributed by atoms with van der Waals surface area (Å²) in [5.41, 5.74) is 0.305. The standard InChI is InChI=1S/C13H12ClNO3S/c14-12-4-2-9(19-12)5-6-15-13(18)8-1-3-10(16)11(17)7-8/h1-4,7,16-17H,5-6H2,(H,15,18). The molecule has 19 heavy (non-hydrogen) atoms. The first kappa shape index (κ1) is 13.7. The molecule has 4 nitrogen and oxygen atoms in total. The van der Waals surface area contributed by atoms with Gasteiger partial charge in [-0.25, -0.2) is 0 Å². The molecular formula is C13H12ClNO3S. The second kappa shape index (κ2) is 5.95. The van der Waals surface area contributed by atoms with Gasteiger partial charge in [0.05, 0.1) is 4.34 Å². The number of amides is 1. The van der Waals surface area contributed by atoms with Gasteiger partial charge in [0.2, 0.25) is 0 Å². The van der Waals surface area contributed by atoms with Gasteiger partial charge in [-0.3, -0.25) is 4.79 Å². The van der Waals surface area contributed by atoms with Crippen molar-refractivity contribution in [3.05, 3.63) is 45.1 Å². The van der Waals surface area contributed by atoms with E-state index < -0.39 is 0 Å². The van der Waals surface area contributed by atoms with Crippen LogP contribution in [0, 0.1) is 0 Å². The van der Waals surface area contributed by atoms with Crippen LogP contribution in [0.2, 0.25) is 4.34 Å². The van der Waals surface area contributed by atoms with E-state index in [0.717, 1.165) is 9.21 Å². The average Bonchev–Trinajstić information content (AvgIpc) is 2.78. The topological polar surface area (TPSA) is 69.6 Å². The highest BCUT2D eigenvalue weighted by Crippen LogP contribution is 2.25. The molecule has 0 bridgehead atoms. The Labute approximate surface area is 119 Å². The largest absolute Gasteiger partial charge is 0.504 e. The van der Waals surface area contributed by atoms with Crippen LogP contribution in [0.5, 0.6) is 11.5 Å². The molecule has 0 aliphatic carbocycles. The number of nitrogens with one attached hydrogen (secondary N) is 1. The Morgan fingerprint density at radius 3 is 2.63 bits per heavy atom. The van der Waals surface area contributed by atoms with Crippen molar-refractivity contribution in [1.82, 2.24) is 5.32 Å². The van der Waals surface area contributed by atoms with E-state index in [9.17, 15) is 9.90 Å². The maximum atomic E-state index is 11.8. The van der Waals surface area contributed by atoms with Crippen molar-refractivity contribution in [1.29, 1.82) is 0 Å². The first-order valence-electron chi connectivity index (χ1n) is 5.60. The van der Waals surface area contributed by atoms with Crippen molar-refractivity contribution >= 4 is 28.8 Å². The monoisotopic (exact) mass is 297 g/mol. The molecular weight excluding hydrogens is 286 g/mol. The van der Waals surface area contributed by atoms with Gasteiger partial charge in [0, 0.05) is 17.0 Å². The summed E-state index contributed by atoms with van der Waals surface area (Å²) in [6, 6.07) is 7.70. The Kier molecular flexibility index (Phi) is 4.29. The van der Waals surface area contributed by atoms with Gasteiger partial charge < -0.3 is 15.5 Å². The van der Waals surface area contributed by atoms with Crippen LogP contribution in [-0.2, 0) is 6.42 Å². The Balaban J connectivity index is 1.89. The lowest BCUT2D eigenvalue weighted by molar-refractivity contribution is 0.0954. The van der Waals surface area contributed by atoms with Crippen LogP contribution in [0.25, 0.3) is 0 Å². The molecule has 1 aromatic carbocycles. The molecule has 0 atom stereocenters. The number of aromatic hydroxyl groups is 2. The molecule has 1 amide bonds. The first-order valence-corrected chi connectivity index (χ1v) is 6.80. The summed E-state index contributed by atoms with van der Waals surface area (Å²) in [4.78, 5) is 12.9. The van der Waals surface area contributed by atoms with Crippen molar-refractivity contribution < 1.29 is 15.0 Å². The number of phenolic OH excluding ortho intramolecular Hbond substituents is 2. The molecule has 0 saturated carbocycles. The summed E-state index contributed by atoms with van der Waals surface area (Å²) in [5.74, 6) is -0.847. The number of halogens is 1. The lowest BCUT2D eigenvalue weighted by Gasteiger charge is -2.05. The number of hydrogen-bond donors (Lipinski definition) is 3. The maximum absolute atomic E-state index is 11.8. The SMILES string of the molecule is O=C(NCCc1ccc(Cl)s1)c1ccc(O)c(O)c1. The van der Waals surface area contributed by atoms with Crippen molar-refractivity contribution in [2.45, 2.75) is 6.42 Å². The number of rotatable bonds is 4. The Hall–Kier alpha value is -1.72. The van der Waals surface area contributed by atoms with Crippen molar-refractivity contribution in [2.75, 3.05) is 6.54 Å². The first-order chi connectivity index (χ1) is 9.06. The van der Waals surface area contributed by atoms with Crippen molar-refractivity contribution in [3.63, 3.8) is 0 Å². The summed E-state index contributed by atoms with van der Waals surface area (Å²) in [7, 11) is 0. The lowest BCUT2D eigenvalue weighted by atomic mass is 10.2. The minimum atomic E-state index is -0.308. The van der Waals surface area contributed by atoms with Gasteiger partial charge in [0.15, 0.2) is 11.5 Å². The van der Waals surface area contributed by atoms with Crippen LogP contribution in [0.4, 0.5) is 0 Å². The van der Waals surface area contributed by atoms with Crippen LogP contribution in [0.1, 0.15) is 15.2 Å². The smallest absolute Gasteiger partial charge is 0.251 e. The Morgan fingerprint density at radius 1 is 1.21 bits per heavy atom. The number of thiophene rings is 1. The van der Waals surface area contributed by atoms with Gasteiger partial charge in [-0.05, 0) is 36.8 Å². The summed E-state index contributed by atoms with van der Waals surface area (Å²) in [6.45, 7) is 0.483. The quantitative estimate of drug-likeness (QED) is 0.760. The molecule has 0 aliphatic rings. The van der Waals surface area contributed by atoms with Gasteiger partial charge in [-0.15, -0.1) is 11.3 Å². The molecule has 0 spiro atoms. The highest BCUT2D eigenvalue weighted by molar-refractivity contribution is 7.16. The number of hydrogen-bond acceptors (Lipinski definition) is 4. The molecule has 0 aliphatic heterocycles. The third kappa shape index (κ3) is 3.62. The van der Waals surface area contributed by atoms with Crippen LogP contribution in [0.3, 0.4) is 0 Å². The highest BCUT2D eigenvalue weighted by atomic mass is 35.5. The summed E-state index contributed by atoms with van der Waals surface area (Å²) in [5, 5.41) is 21.2. The summed E-state index contributed by atoms with van der Waals surface area (Å²) in [6.07, 6.45) is 0.702. The molecule has 6 heteroatoms. The van der Waals surface area contributed by atoms with Crippen LogP contribution >= 0.6 is 22.9 Å². The van der Waals surface area contributed by atoms with Crippen LogP contribution in [-0.4, -0.2) is 22.7 Å². The maximum Gasteiger partial charge on any atom is 0.251 e. The fourth-order valence-corrected chi connectivity index (χ4v) is 2.64. The van der Waals surface area contributed by atoms with Gasteiger partial charge in [0.1, 0.15) is 0 Å². The second-order valence-electron chi connectivity index (χ2n) is 3.92. The van der Waals surface area contributed by atoms with E-state index in [4.69, 9.17) is 16.7 Å². The molecule has 1 aromatic heterocycles. The highest BCUT2D eigenvalue weighted by Gasteiger charge is 2.08. The molecule has 3 N–H and O–H groups in total. The summed E-state index contributed by atoms with van der Waals surface area (Å²) < 4.78 is 0.727. The minimum Gasteiger partial charge on any atom is -0.504 e. The third-order valence-corrected chi connectivity index (χ3v) is 3.81. The molecule has 100 valence electrons. The lowest BCUT2D eigenvalue weighted by Crippen LogP contribution is -2.25. The van der Waals surface area contributed by atoms with Crippen molar-refractivity contribution in [3.8, 4) is 11.5 Å². The molecule has 2 aromatic rings. The van der Waals surface area contributed by atoms with E-state index in [1.165, 1.54) is 29.5 Å². The number of benzene rings is 1. The molecule has 0 saturated heterocycles. The molecule has 0 unspecified atom stereocenters. The zero-order valence-corrected chi connectivity index (χ0v) is 11.5. The van der Waals surface area contributed by atoms with Gasteiger partial charge in [0.25, 0.3) is 5.91 Å². The van der Waals surface area contributed by atoms with Crippen LogP contribution < -0.4 is 5.32 Å². The van der Waals surface area contributed by atoms with Gasteiger partial charge in [-0.2, -0.15) is 0 Å². The van der Waals surface area contributed by atoms with Crippen molar-refractivity contribution in [2.24, 2.45) is 0 Å². The van der Waals surface area contributed by atoms with E-state index in [1.807, 2.05) is 12.1 Å². The predicted octanol–water partition coefficient (Wildman–Crippen LogP) is 2.79. The normalized spacial score (nSPS) is 10.4. The zero-order valence-electron chi connectivity index (χ0n) is 9.89. The number of phenols is 2. The van der Waals surface area contributed by atoms with Crippen LogP contribution in [0.15, 0.2) is 30.3 Å². The third-order valence-electron chi connectivity index (χ3n) is 2.52. The molecule has 0 fully saturated rings. The molecule has 1 heterocycles. The van der Waals surface area contributed by atoms with E-state index >= 15 is 0 Å². The summed E-state index contributed by atoms with van der Waals surface area (Å²) >= 11 is 7.29.